The van der Waals surface area contributed by atoms with Gasteiger partial charge in [0.15, 0.2) is 0 Å². The Labute approximate surface area is 176 Å². The Morgan fingerprint density at radius 3 is 2.77 bits per heavy atom. The lowest BCUT2D eigenvalue weighted by molar-refractivity contribution is 0.0764. The van der Waals surface area contributed by atoms with Crippen molar-refractivity contribution in [3.05, 3.63) is 65.7 Å². The first-order chi connectivity index (χ1) is 14.6. The zero-order valence-electron chi connectivity index (χ0n) is 17.0. The third kappa shape index (κ3) is 3.61. The number of amides is 3. The van der Waals surface area contributed by atoms with Gasteiger partial charge < -0.3 is 20.9 Å². The van der Waals surface area contributed by atoms with E-state index in [-0.39, 0.29) is 17.4 Å². The predicted octanol–water partition coefficient (Wildman–Crippen LogP) is 2.63. The van der Waals surface area contributed by atoms with Crippen LogP contribution in [0.25, 0.3) is 0 Å². The predicted molar refractivity (Wildman–Crippen MR) is 116 cm³/mol. The van der Waals surface area contributed by atoms with Gasteiger partial charge in [-0.1, -0.05) is 0 Å². The minimum Gasteiger partial charge on any atom is -0.367 e. The monoisotopic (exact) mass is 405 g/mol. The number of fused-ring (bicyclic) bond motifs is 1. The number of allylic oxidation sites excluding steroid dienone is 1. The van der Waals surface area contributed by atoms with Crippen LogP contribution in [0.4, 0.5) is 10.5 Å². The van der Waals surface area contributed by atoms with Gasteiger partial charge in [0.05, 0.1) is 6.54 Å². The maximum atomic E-state index is 12.9. The van der Waals surface area contributed by atoms with Crippen LogP contribution in [0.1, 0.15) is 29.6 Å². The summed E-state index contributed by atoms with van der Waals surface area (Å²) in [7, 11) is 0. The smallest absolute Gasteiger partial charge is 0.326 e. The highest BCUT2D eigenvalue weighted by Crippen LogP contribution is 2.37. The average molecular weight is 406 g/mol. The van der Waals surface area contributed by atoms with Gasteiger partial charge in [-0.2, -0.15) is 0 Å². The number of carbonyl (C=O) groups is 2. The fraction of sp³-hybridized carbons (Fsp3) is 0.391. The topological polar surface area (TPSA) is 76.7 Å². The molecule has 7 heteroatoms. The molecule has 1 atom stereocenters. The summed E-state index contributed by atoms with van der Waals surface area (Å²) in [5, 5.41) is 9.44. The van der Waals surface area contributed by atoms with Crippen molar-refractivity contribution >= 4 is 17.6 Å². The molecule has 1 aromatic carbocycles. The summed E-state index contributed by atoms with van der Waals surface area (Å²) < 4.78 is 0. The van der Waals surface area contributed by atoms with Crippen molar-refractivity contribution in [2.75, 3.05) is 38.0 Å². The summed E-state index contributed by atoms with van der Waals surface area (Å²) in [5.74, 6) is 0.0786. The zero-order chi connectivity index (χ0) is 20.6. The molecule has 0 aromatic heterocycles. The molecule has 2 fully saturated rings. The Balaban J connectivity index is 1.20. The van der Waals surface area contributed by atoms with Crippen molar-refractivity contribution < 1.29 is 9.59 Å². The van der Waals surface area contributed by atoms with Crippen LogP contribution in [-0.4, -0.2) is 54.5 Å². The van der Waals surface area contributed by atoms with Crippen LogP contribution in [-0.2, 0) is 0 Å². The average Bonchev–Trinajstić information content (AvgIpc) is 3.39. The van der Waals surface area contributed by atoms with E-state index in [1.54, 1.807) is 29.2 Å². The van der Waals surface area contributed by atoms with Crippen LogP contribution >= 0.6 is 0 Å². The highest BCUT2D eigenvalue weighted by molar-refractivity contribution is 5.96. The lowest BCUT2D eigenvalue weighted by Gasteiger charge is -2.33. The molecule has 5 rings (SSSR count). The Hall–Kier alpha value is -3.06. The molecule has 30 heavy (non-hydrogen) atoms. The first-order valence-electron chi connectivity index (χ1n) is 10.6. The molecule has 4 heterocycles. The van der Waals surface area contributed by atoms with Gasteiger partial charge in [0, 0.05) is 54.9 Å². The molecule has 4 aliphatic heterocycles. The van der Waals surface area contributed by atoms with Gasteiger partial charge in [-0.3, -0.25) is 9.69 Å². The molecule has 1 spiro atoms. The third-order valence-corrected chi connectivity index (χ3v) is 6.55. The summed E-state index contributed by atoms with van der Waals surface area (Å²) in [4.78, 5) is 29.2. The number of piperidine rings is 1. The van der Waals surface area contributed by atoms with Gasteiger partial charge in [-0.25, -0.2) is 4.79 Å². The van der Waals surface area contributed by atoms with E-state index in [0.717, 1.165) is 43.7 Å². The molecule has 156 valence electrons. The van der Waals surface area contributed by atoms with E-state index >= 15 is 0 Å². The number of likely N-dealkylation sites (tertiary alicyclic amines) is 1. The Morgan fingerprint density at radius 2 is 2.00 bits per heavy atom. The van der Waals surface area contributed by atoms with Crippen LogP contribution < -0.4 is 16.0 Å². The van der Waals surface area contributed by atoms with E-state index < -0.39 is 0 Å². The molecule has 2 saturated heterocycles. The fourth-order valence-electron chi connectivity index (χ4n) is 4.83. The quantitative estimate of drug-likeness (QED) is 0.707. The van der Waals surface area contributed by atoms with Crippen LogP contribution in [0.2, 0.25) is 0 Å². The number of hydrogen-bond acceptors (Lipinski definition) is 4. The molecular formula is C23H27N5O2. The van der Waals surface area contributed by atoms with E-state index in [2.05, 4.69) is 16.0 Å². The number of urea groups is 1. The zero-order valence-corrected chi connectivity index (χ0v) is 17.0. The number of dihydropyridines is 1. The highest BCUT2D eigenvalue weighted by atomic mass is 16.2. The minimum absolute atomic E-state index is 0.0786. The third-order valence-electron chi connectivity index (χ3n) is 6.55. The first kappa shape index (κ1) is 18.9. The molecule has 4 aliphatic rings. The number of nitrogens with zero attached hydrogens (tertiary/aromatic N) is 2. The minimum atomic E-state index is -0.184. The molecular weight excluding hydrogens is 378 g/mol. The van der Waals surface area contributed by atoms with Gasteiger partial charge in [-0.15, -0.1) is 0 Å². The molecule has 0 radical (unpaired) electrons. The number of rotatable bonds is 2. The second kappa shape index (κ2) is 7.65. The number of carbonyl (C=O) groups excluding carboxylic acids is 2. The molecule has 7 nitrogen and oxygen atoms in total. The van der Waals surface area contributed by atoms with Crippen molar-refractivity contribution in [1.29, 1.82) is 0 Å². The number of nitrogens with one attached hydrogen (secondary N) is 3. The van der Waals surface area contributed by atoms with Crippen molar-refractivity contribution in [3.63, 3.8) is 0 Å². The molecule has 1 unspecified atom stereocenters. The van der Waals surface area contributed by atoms with Gasteiger partial charge in [0.1, 0.15) is 0 Å². The second-order valence-corrected chi connectivity index (χ2v) is 8.65. The maximum absolute atomic E-state index is 12.9. The maximum Gasteiger partial charge on any atom is 0.326 e. The lowest BCUT2D eigenvalue weighted by Crippen LogP contribution is -2.42. The van der Waals surface area contributed by atoms with E-state index in [1.165, 1.54) is 12.8 Å². The van der Waals surface area contributed by atoms with E-state index in [9.17, 15) is 9.59 Å². The van der Waals surface area contributed by atoms with E-state index in [1.807, 2.05) is 29.6 Å². The highest BCUT2D eigenvalue weighted by Gasteiger charge is 2.40. The van der Waals surface area contributed by atoms with Crippen molar-refractivity contribution in [2.24, 2.45) is 5.41 Å². The molecule has 0 aliphatic carbocycles. The number of hydrogen-bond donors (Lipinski definition) is 3. The summed E-state index contributed by atoms with van der Waals surface area (Å²) in [6, 6.07) is 7.03. The van der Waals surface area contributed by atoms with Gasteiger partial charge in [0.2, 0.25) is 0 Å². The standard InChI is InChI=1S/C23H27N5O2/c29-21(27-11-8-23(16-27)7-1-9-25-15-23)17-2-4-20(5-3-17)26-22(30)28-13-18-6-10-24-12-19(18)14-28/h2-6,10,12-13,24-25H,1,7-9,11,14-16H2,(H,26,30). The van der Waals surface area contributed by atoms with Crippen molar-refractivity contribution in [1.82, 2.24) is 20.4 Å². The van der Waals surface area contributed by atoms with E-state index in [0.29, 0.717) is 17.8 Å². The molecule has 3 amide bonds. The Kier molecular flexibility index (Phi) is 4.83. The summed E-state index contributed by atoms with van der Waals surface area (Å²) in [5.41, 5.74) is 3.74. The summed E-state index contributed by atoms with van der Waals surface area (Å²) >= 11 is 0. The Bertz CT molecular complexity index is 941. The lowest BCUT2D eigenvalue weighted by atomic mass is 9.80. The van der Waals surface area contributed by atoms with Crippen LogP contribution in [0.15, 0.2) is 60.1 Å². The second-order valence-electron chi connectivity index (χ2n) is 8.65. The number of benzene rings is 1. The van der Waals surface area contributed by atoms with E-state index in [4.69, 9.17) is 0 Å². The Morgan fingerprint density at radius 1 is 1.13 bits per heavy atom. The van der Waals surface area contributed by atoms with Crippen molar-refractivity contribution in [3.8, 4) is 0 Å². The fourth-order valence-corrected chi connectivity index (χ4v) is 4.83. The van der Waals surface area contributed by atoms with Crippen LogP contribution in [0.5, 0.6) is 0 Å². The van der Waals surface area contributed by atoms with Gasteiger partial charge in [0.25, 0.3) is 5.91 Å². The summed E-state index contributed by atoms with van der Waals surface area (Å²) in [6.45, 7) is 4.29. The first-order valence-corrected chi connectivity index (χ1v) is 10.6. The molecule has 1 aromatic rings. The largest absolute Gasteiger partial charge is 0.367 e. The van der Waals surface area contributed by atoms with Crippen LogP contribution in [0, 0.1) is 5.41 Å². The summed E-state index contributed by atoms with van der Waals surface area (Å²) in [6.07, 6.45) is 11.0. The normalized spacial score (nSPS) is 24.9. The van der Waals surface area contributed by atoms with Gasteiger partial charge in [-0.05, 0) is 67.3 Å². The number of anilines is 1. The molecule has 3 N–H and O–H groups in total. The SMILES string of the molecule is O=C(Nc1ccc(C(=O)N2CCC3(CCCNC3)C2)cc1)N1C=C2C=CNC=C2C1. The van der Waals surface area contributed by atoms with Gasteiger partial charge >= 0.3 is 6.03 Å². The molecule has 0 bridgehead atoms. The van der Waals surface area contributed by atoms with Crippen LogP contribution in [0.3, 0.4) is 0 Å². The molecule has 0 saturated carbocycles. The van der Waals surface area contributed by atoms with Crippen molar-refractivity contribution in [2.45, 2.75) is 19.3 Å².